The molecule has 1 N–H and O–H groups in total. The molecule has 0 radical (unpaired) electrons. The van der Waals surface area contributed by atoms with Crippen LogP contribution in [0.25, 0.3) is 0 Å². The minimum absolute atomic E-state index is 0.0116. The smallest absolute Gasteiger partial charge is 0.387 e. The number of hydrogen-bond donors (Lipinski definition) is 1. The van der Waals surface area contributed by atoms with E-state index in [2.05, 4.69) is 15.0 Å². The van der Waals surface area contributed by atoms with Gasteiger partial charge in [0.1, 0.15) is 11.6 Å². The average molecular weight is 454 g/mol. The number of halogens is 4. The lowest BCUT2D eigenvalue weighted by Crippen LogP contribution is -2.19. The van der Waals surface area contributed by atoms with Gasteiger partial charge in [0.2, 0.25) is 11.7 Å². The zero-order valence-electron chi connectivity index (χ0n) is 16.9. The maximum atomic E-state index is 13.8. The van der Waals surface area contributed by atoms with E-state index in [-0.39, 0.29) is 29.0 Å². The molecule has 0 fully saturated rings. The number of alkyl halides is 2. The second-order valence-electron chi connectivity index (χ2n) is 6.73. The summed E-state index contributed by atoms with van der Waals surface area (Å²) in [6.45, 7) is 0.490. The topological polar surface area (TPSA) is 65.4 Å². The molecule has 0 aliphatic carbocycles. The maximum absolute atomic E-state index is 13.8. The van der Waals surface area contributed by atoms with Crippen LogP contribution < -0.4 is 20.3 Å². The van der Waals surface area contributed by atoms with Gasteiger partial charge in [-0.25, -0.2) is 4.39 Å². The summed E-state index contributed by atoms with van der Waals surface area (Å²) in [5.74, 6) is -0.438. The Hall–Kier alpha value is -3.20. The van der Waals surface area contributed by atoms with Gasteiger partial charge in [0.05, 0.1) is 25.5 Å². The Morgan fingerprint density at radius 1 is 1.19 bits per heavy atom. The molecule has 0 aliphatic rings. The molecule has 10 heteroatoms. The molecule has 2 aromatic carbocycles. The third-order valence-corrected chi connectivity index (χ3v) is 4.75. The molecule has 3 rings (SSSR count). The van der Waals surface area contributed by atoms with Crippen LogP contribution in [0, 0.1) is 19.7 Å². The first-order chi connectivity index (χ1) is 14.7. The minimum atomic E-state index is -2.98. The largest absolute Gasteiger partial charge is 0.490 e. The van der Waals surface area contributed by atoms with Crippen molar-refractivity contribution >= 4 is 23.2 Å². The van der Waals surface area contributed by atoms with Crippen molar-refractivity contribution in [2.75, 3.05) is 12.4 Å². The summed E-state index contributed by atoms with van der Waals surface area (Å²) in [4.78, 5) is 16.3. The van der Waals surface area contributed by atoms with Crippen molar-refractivity contribution in [3.8, 4) is 11.5 Å². The zero-order chi connectivity index (χ0) is 22.7. The fraction of sp³-hybridized carbons (Fsp3) is 0.238. The van der Waals surface area contributed by atoms with E-state index in [0.717, 1.165) is 0 Å². The molecule has 0 bridgehead atoms. The number of benzene rings is 2. The van der Waals surface area contributed by atoms with Crippen molar-refractivity contribution in [2.45, 2.75) is 27.0 Å². The molecule has 31 heavy (non-hydrogen) atoms. The Morgan fingerprint density at radius 2 is 1.94 bits per heavy atom. The second kappa shape index (κ2) is 9.30. The molecule has 3 aromatic rings. The number of rotatable bonds is 7. The highest BCUT2D eigenvalue weighted by atomic mass is 35.5. The minimum Gasteiger partial charge on any atom is -0.490 e. The molecule has 1 heterocycles. The van der Waals surface area contributed by atoms with Crippen molar-refractivity contribution in [1.29, 1.82) is 0 Å². The summed E-state index contributed by atoms with van der Waals surface area (Å²) < 4.78 is 50.3. The molecular weight excluding hydrogens is 435 g/mol. The number of nitrogens with one attached hydrogen (secondary N) is 1. The number of aryl methyl sites for hydroxylation is 1. The highest BCUT2D eigenvalue weighted by Gasteiger charge is 2.16. The molecule has 0 atom stereocenters. The monoisotopic (exact) mass is 453 g/mol. The summed E-state index contributed by atoms with van der Waals surface area (Å²) in [6.07, 6.45) is 1.42. The fourth-order valence-corrected chi connectivity index (χ4v) is 3.33. The number of ether oxygens (including phenoxy) is 2. The van der Waals surface area contributed by atoms with Crippen LogP contribution in [0.15, 0.2) is 41.3 Å². The van der Waals surface area contributed by atoms with E-state index in [1.807, 2.05) is 0 Å². The summed E-state index contributed by atoms with van der Waals surface area (Å²) in [5.41, 5.74) is 1.45. The number of aromatic nitrogens is 2. The van der Waals surface area contributed by atoms with Crippen LogP contribution in [0.2, 0.25) is 5.02 Å². The van der Waals surface area contributed by atoms with Crippen LogP contribution in [0.1, 0.15) is 16.7 Å². The van der Waals surface area contributed by atoms with E-state index >= 15 is 0 Å². The van der Waals surface area contributed by atoms with E-state index in [9.17, 15) is 18.0 Å². The van der Waals surface area contributed by atoms with Crippen LogP contribution in [0.4, 0.5) is 24.8 Å². The predicted octanol–water partition coefficient (Wildman–Crippen LogP) is 5.05. The molecule has 0 saturated heterocycles. The van der Waals surface area contributed by atoms with Crippen LogP contribution in [0.3, 0.4) is 0 Å². The lowest BCUT2D eigenvalue weighted by atomic mass is 10.1. The van der Waals surface area contributed by atoms with Gasteiger partial charge in [0, 0.05) is 10.6 Å². The number of anilines is 2. The molecular formula is C21H19ClF3N3O3. The Labute approximate surface area is 181 Å². The zero-order valence-corrected chi connectivity index (χ0v) is 17.6. The van der Waals surface area contributed by atoms with E-state index in [1.54, 1.807) is 26.0 Å². The normalized spacial score (nSPS) is 11.0. The van der Waals surface area contributed by atoms with E-state index in [4.69, 9.17) is 16.3 Å². The molecule has 164 valence electrons. The van der Waals surface area contributed by atoms with Crippen LogP contribution >= 0.6 is 11.6 Å². The molecule has 0 unspecified atom stereocenters. The third-order valence-electron chi connectivity index (χ3n) is 4.54. The Bertz CT molecular complexity index is 1150. The first-order valence-electron chi connectivity index (χ1n) is 9.10. The van der Waals surface area contributed by atoms with Crippen molar-refractivity contribution in [2.24, 2.45) is 0 Å². The summed E-state index contributed by atoms with van der Waals surface area (Å²) in [7, 11) is 1.33. The van der Waals surface area contributed by atoms with Crippen molar-refractivity contribution in [1.82, 2.24) is 9.55 Å². The van der Waals surface area contributed by atoms with Crippen molar-refractivity contribution < 1.29 is 22.6 Å². The first-order valence-corrected chi connectivity index (χ1v) is 9.48. The molecule has 1 aromatic heterocycles. The Morgan fingerprint density at radius 3 is 2.58 bits per heavy atom. The van der Waals surface area contributed by atoms with Crippen LogP contribution in [0.5, 0.6) is 11.5 Å². The number of hydrogen-bond acceptors (Lipinski definition) is 5. The Kier molecular flexibility index (Phi) is 6.74. The van der Waals surface area contributed by atoms with E-state index < -0.39 is 18.0 Å². The summed E-state index contributed by atoms with van der Waals surface area (Å²) in [5, 5.41) is 3.23. The highest BCUT2D eigenvalue weighted by molar-refractivity contribution is 6.30. The van der Waals surface area contributed by atoms with Crippen molar-refractivity contribution in [3.05, 3.63) is 74.4 Å². The molecule has 0 spiro atoms. The van der Waals surface area contributed by atoms with Gasteiger partial charge in [-0.15, -0.1) is 0 Å². The molecule has 0 amide bonds. The SMILES string of the molecule is COc1cn(Cc2cc(F)cc(Cl)c2)c(Nc2c(C)ccc(OC(F)F)c2C)nc1=O. The van der Waals surface area contributed by atoms with E-state index in [0.29, 0.717) is 22.4 Å². The van der Waals surface area contributed by atoms with Gasteiger partial charge in [-0.2, -0.15) is 13.8 Å². The van der Waals surface area contributed by atoms with Gasteiger partial charge < -0.3 is 19.4 Å². The van der Waals surface area contributed by atoms with Gasteiger partial charge in [-0.1, -0.05) is 17.7 Å². The fourth-order valence-electron chi connectivity index (χ4n) is 3.09. The van der Waals surface area contributed by atoms with Gasteiger partial charge in [-0.05, 0) is 49.2 Å². The highest BCUT2D eigenvalue weighted by Crippen LogP contribution is 2.32. The predicted molar refractivity (Wildman–Crippen MR) is 111 cm³/mol. The van der Waals surface area contributed by atoms with Crippen LogP contribution in [-0.2, 0) is 6.54 Å². The molecule has 0 aliphatic heterocycles. The quantitative estimate of drug-likeness (QED) is 0.542. The first kappa shape index (κ1) is 22.5. The average Bonchev–Trinajstić information content (AvgIpc) is 2.68. The lowest BCUT2D eigenvalue weighted by molar-refractivity contribution is -0.0502. The molecule has 6 nitrogen and oxygen atoms in total. The number of nitrogens with zero attached hydrogens (tertiary/aromatic N) is 2. The second-order valence-corrected chi connectivity index (χ2v) is 7.16. The van der Waals surface area contributed by atoms with Crippen LogP contribution in [-0.4, -0.2) is 23.3 Å². The maximum Gasteiger partial charge on any atom is 0.387 e. The van der Waals surface area contributed by atoms with E-state index in [1.165, 1.54) is 36.1 Å². The Balaban J connectivity index is 2.07. The number of methoxy groups -OCH3 is 1. The van der Waals surface area contributed by atoms with Gasteiger partial charge in [-0.3, -0.25) is 4.79 Å². The van der Waals surface area contributed by atoms with Gasteiger partial charge >= 0.3 is 12.2 Å². The van der Waals surface area contributed by atoms with Crippen molar-refractivity contribution in [3.63, 3.8) is 0 Å². The third kappa shape index (κ3) is 5.29. The van der Waals surface area contributed by atoms with Gasteiger partial charge in [0.15, 0.2) is 0 Å². The lowest BCUT2D eigenvalue weighted by Gasteiger charge is -2.19. The standard InChI is InChI=1S/C21H19ClF3N3O3/c1-11-4-5-16(31-20(24)25)12(2)18(11)26-21-27-19(29)17(30-3)10-28(21)9-13-6-14(22)8-15(23)7-13/h4-8,10,20H,9H2,1-3H3,(H,26,27,29). The summed E-state index contributed by atoms with van der Waals surface area (Å²) >= 11 is 5.94. The molecule has 0 saturated carbocycles. The summed E-state index contributed by atoms with van der Waals surface area (Å²) in [6, 6.07) is 7.09. The van der Waals surface area contributed by atoms with Gasteiger partial charge in [0.25, 0.3) is 0 Å².